The molecule has 5 heteroatoms. The topological polar surface area (TPSA) is 36.4 Å². The van der Waals surface area contributed by atoms with Crippen molar-refractivity contribution in [2.24, 2.45) is 5.92 Å². The number of amides is 1. The van der Waals surface area contributed by atoms with Crippen molar-refractivity contribution < 1.29 is 9.18 Å². The summed E-state index contributed by atoms with van der Waals surface area (Å²) < 4.78 is 13.9. The molecule has 2 aliphatic rings. The van der Waals surface area contributed by atoms with Crippen LogP contribution in [0.3, 0.4) is 0 Å². The van der Waals surface area contributed by atoms with Gasteiger partial charge >= 0.3 is 0 Å². The van der Waals surface area contributed by atoms with Gasteiger partial charge < -0.3 is 4.90 Å². The number of likely N-dealkylation sites (tertiary alicyclic amines) is 2. The number of nitrogens with zero attached hydrogens (tertiary/aromatic N) is 3. The molecule has 1 aromatic heterocycles. The van der Waals surface area contributed by atoms with Gasteiger partial charge in [0.15, 0.2) is 0 Å². The second-order valence-electron chi connectivity index (χ2n) is 7.05. The SMILES string of the molecule is O=C1[C@H]2C[C@H](CCN2Cc2ccncc2F)CN1Cc1ccccc1. The summed E-state index contributed by atoms with van der Waals surface area (Å²) in [5.74, 6) is 0.424. The second kappa shape index (κ2) is 6.92. The molecule has 2 fully saturated rings. The first-order valence-electron chi connectivity index (χ1n) is 8.86. The largest absolute Gasteiger partial charge is 0.337 e. The van der Waals surface area contributed by atoms with Gasteiger partial charge in [-0.1, -0.05) is 30.3 Å². The zero-order chi connectivity index (χ0) is 17.2. The molecule has 2 bridgehead atoms. The molecule has 4 nitrogen and oxygen atoms in total. The van der Waals surface area contributed by atoms with Crippen LogP contribution in [0.2, 0.25) is 0 Å². The number of carbonyl (C=O) groups excluding carboxylic acids is 1. The molecule has 0 N–H and O–H groups in total. The number of hydrogen-bond donors (Lipinski definition) is 0. The fraction of sp³-hybridized carbons (Fsp3) is 0.400. The lowest BCUT2D eigenvalue weighted by atomic mass is 9.85. The summed E-state index contributed by atoms with van der Waals surface area (Å²) in [6, 6.07) is 11.7. The minimum atomic E-state index is -0.297. The Bertz CT molecular complexity index is 752. The number of piperidine rings is 2. The van der Waals surface area contributed by atoms with Crippen LogP contribution >= 0.6 is 0 Å². The molecule has 3 heterocycles. The third-order valence-electron chi connectivity index (χ3n) is 5.34. The minimum Gasteiger partial charge on any atom is -0.337 e. The number of benzene rings is 1. The summed E-state index contributed by atoms with van der Waals surface area (Å²) in [7, 11) is 0. The van der Waals surface area contributed by atoms with Crippen LogP contribution in [0.25, 0.3) is 0 Å². The Kier molecular flexibility index (Phi) is 4.49. The van der Waals surface area contributed by atoms with Gasteiger partial charge in [-0.2, -0.15) is 0 Å². The Hall–Kier alpha value is -2.27. The molecule has 0 spiro atoms. The lowest BCUT2D eigenvalue weighted by Crippen LogP contribution is -2.58. The van der Waals surface area contributed by atoms with E-state index in [0.717, 1.165) is 31.5 Å². The molecule has 2 aliphatic heterocycles. The van der Waals surface area contributed by atoms with Crippen LogP contribution in [0, 0.1) is 11.7 Å². The lowest BCUT2D eigenvalue weighted by molar-refractivity contribution is -0.146. The van der Waals surface area contributed by atoms with Crippen molar-refractivity contribution in [1.82, 2.24) is 14.8 Å². The molecule has 0 aliphatic carbocycles. The van der Waals surface area contributed by atoms with Crippen molar-refractivity contribution in [3.05, 3.63) is 65.7 Å². The Morgan fingerprint density at radius 2 is 2.00 bits per heavy atom. The molecule has 25 heavy (non-hydrogen) atoms. The highest BCUT2D eigenvalue weighted by Gasteiger charge is 2.41. The Balaban J connectivity index is 1.50. The molecular weight excluding hydrogens is 317 g/mol. The molecule has 0 unspecified atom stereocenters. The predicted molar refractivity (Wildman–Crippen MR) is 93.0 cm³/mol. The number of aromatic nitrogens is 1. The molecule has 2 saturated heterocycles. The first kappa shape index (κ1) is 16.2. The molecule has 1 amide bonds. The van der Waals surface area contributed by atoms with Gasteiger partial charge in [-0.15, -0.1) is 0 Å². The van der Waals surface area contributed by atoms with Gasteiger partial charge in [0.1, 0.15) is 5.82 Å². The van der Waals surface area contributed by atoms with Gasteiger partial charge in [-0.25, -0.2) is 4.39 Å². The zero-order valence-corrected chi connectivity index (χ0v) is 14.1. The third kappa shape index (κ3) is 3.42. The summed E-state index contributed by atoms with van der Waals surface area (Å²) >= 11 is 0. The first-order chi connectivity index (χ1) is 12.2. The van der Waals surface area contributed by atoms with Crippen molar-refractivity contribution in [3.8, 4) is 0 Å². The third-order valence-corrected chi connectivity index (χ3v) is 5.34. The van der Waals surface area contributed by atoms with E-state index >= 15 is 0 Å². The zero-order valence-electron chi connectivity index (χ0n) is 14.1. The highest BCUT2D eigenvalue weighted by Crippen LogP contribution is 2.32. The van der Waals surface area contributed by atoms with E-state index in [1.165, 1.54) is 6.20 Å². The summed E-state index contributed by atoms with van der Waals surface area (Å²) in [6.07, 6.45) is 4.79. The van der Waals surface area contributed by atoms with Crippen LogP contribution in [-0.2, 0) is 17.9 Å². The standard InChI is InChI=1S/C20H22FN3O/c21-18-11-22-8-6-17(18)14-23-9-7-16-10-19(23)20(25)24(13-16)12-15-4-2-1-3-5-15/h1-6,8,11,16,19H,7,9-10,12-14H2/t16-,19+/m0/s1. The predicted octanol–water partition coefficient (Wildman–Crippen LogP) is 2.84. The van der Waals surface area contributed by atoms with E-state index in [1.807, 2.05) is 23.1 Å². The Labute approximate surface area is 147 Å². The molecule has 0 radical (unpaired) electrons. The molecule has 2 atom stereocenters. The van der Waals surface area contributed by atoms with E-state index < -0.39 is 0 Å². The van der Waals surface area contributed by atoms with Gasteiger partial charge in [0.2, 0.25) is 5.91 Å². The maximum atomic E-state index is 13.9. The normalized spacial score (nSPS) is 23.7. The number of hydrogen-bond acceptors (Lipinski definition) is 3. The summed E-state index contributed by atoms with van der Waals surface area (Å²) in [6.45, 7) is 2.81. The summed E-state index contributed by atoms with van der Waals surface area (Å²) in [4.78, 5) is 20.9. The monoisotopic (exact) mass is 339 g/mol. The highest BCUT2D eigenvalue weighted by atomic mass is 19.1. The number of halogens is 1. The van der Waals surface area contributed by atoms with Crippen LogP contribution in [0.5, 0.6) is 0 Å². The van der Waals surface area contributed by atoms with Gasteiger partial charge in [0, 0.05) is 31.4 Å². The number of carbonyl (C=O) groups is 1. The molecule has 2 aromatic rings. The Morgan fingerprint density at radius 1 is 1.16 bits per heavy atom. The smallest absolute Gasteiger partial charge is 0.240 e. The van der Waals surface area contributed by atoms with Crippen molar-refractivity contribution in [3.63, 3.8) is 0 Å². The second-order valence-corrected chi connectivity index (χ2v) is 7.05. The van der Waals surface area contributed by atoms with Crippen LogP contribution < -0.4 is 0 Å². The van der Waals surface area contributed by atoms with Gasteiger partial charge in [-0.3, -0.25) is 14.7 Å². The average Bonchev–Trinajstić information content (AvgIpc) is 2.64. The van der Waals surface area contributed by atoms with E-state index in [4.69, 9.17) is 0 Å². The van der Waals surface area contributed by atoms with Gasteiger partial charge in [0.25, 0.3) is 0 Å². The first-order valence-corrected chi connectivity index (χ1v) is 8.86. The van der Waals surface area contributed by atoms with Crippen LogP contribution in [0.4, 0.5) is 4.39 Å². The van der Waals surface area contributed by atoms with E-state index in [0.29, 0.717) is 24.6 Å². The van der Waals surface area contributed by atoms with Crippen LogP contribution in [-0.4, -0.2) is 39.8 Å². The fourth-order valence-electron chi connectivity index (χ4n) is 4.01. The van der Waals surface area contributed by atoms with Crippen molar-refractivity contribution in [2.75, 3.05) is 13.1 Å². The molecule has 4 rings (SSSR count). The van der Waals surface area contributed by atoms with Gasteiger partial charge in [-0.05, 0) is 36.9 Å². The molecule has 130 valence electrons. The van der Waals surface area contributed by atoms with Crippen molar-refractivity contribution in [2.45, 2.75) is 32.0 Å². The van der Waals surface area contributed by atoms with Gasteiger partial charge in [0.05, 0.1) is 12.2 Å². The average molecular weight is 339 g/mol. The van der Waals surface area contributed by atoms with E-state index in [2.05, 4.69) is 22.0 Å². The minimum absolute atomic E-state index is 0.135. The number of fused-ring (bicyclic) bond motifs is 2. The maximum absolute atomic E-state index is 13.9. The van der Waals surface area contributed by atoms with E-state index in [9.17, 15) is 9.18 Å². The van der Waals surface area contributed by atoms with E-state index in [1.54, 1.807) is 12.3 Å². The fourth-order valence-corrected chi connectivity index (χ4v) is 4.01. The molecular formula is C20H22FN3O. The van der Waals surface area contributed by atoms with Crippen molar-refractivity contribution >= 4 is 5.91 Å². The summed E-state index contributed by atoms with van der Waals surface area (Å²) in [5.41, 5.74) is 1.77. The number of pyridine rings is 1. The lowest BCUT2D eigenvalue weighted by Gasteiger charge is -2.46. The maximum Gasteiger partial charge on any atom is 0.240 e. The summed E-state index contributed by atoms with van der Waals surface area (Å²) in [5, 5.41) is 0. The Morgan fingerprint density at radius 3 is 2.80 bits per heavy atom. The van der Waals surface area contributed by atoms with Crippen molar-refractivity contribution in [1.29, 1.82) is 0 Å². The van der Waals surface area contributed by atoms with Crippen LogP contribution in [0.15, 0.2) is 48.8 Å². The van der Waals surface area contributed by atoms with E-state index in [-0.39, 0.29) is 17.8 Å². The number of rotatable bonds is 4. The molecule has 1 aromatic carbocycles. The highest BCUT2D eigenvalue weighted by molar-refractivity contribution is 5.83. The van der Waals surface area contributed by atoms with Crippen LogP contribution in [0.1, 0.15) is 24.0 Å². The molecule has 0 saturated carbocycles. The quantitative estimate of drug-likeness (QED) is 0.859.